The molecule has 1 aliphatic rings. The lowest BCUT2D eigenvalue weighted by atomic mass is 9.88. The van der Waals surface area contributed by atoms with Crippen LogP contribution in [0.3, 0.4) is 0 Å². The first kappa shape index (κ1) is 21.8. The van der Waals surface area contributed by atoms with Crippen molar-refractivity contribution >= 4 is 11.8 Å². The third-order valence-electron chi connectivity index (χ3n) is 5.70. The highest BCUT2D eigenvalue weighted by Gasteiger charge is 2.28. The molecule has 168 valence electrons. The highest BCUT2D eigenvalue weighted by molar-refractivity contribution is 5.92. The van der Waals surface area contributed by atoms with Crippen molar-refractivity contribution in [2.24, 2.45) is 5.92 Å². The zero-order valence-electron chi connectivity index (χ0n) is 17.8. The molecule has 0 unspecified atom stereocenters. The number of benzene rings is 1. The van der Waals surface area contributed by atoms with Gasteiger partial charge in [-0.25, -0.2) is 4.39 Å². The molecule has 2 heterocycles. The fraction of sp³-hybridized carbons (Fsp3) is 0.375. The zero-order valence-corrected chi connectivity index (χ0v) is 17.8. The van der Waals surface area contributed by atoms with Gasteiger partial charge in [0.25, 0.3) is 5.91 Å². The zero-order chi connectivity index (χ0) is 22.3. The summed E-state index contributed by atoms with van der Waals surface area (Å²) in [6.45, 7) is 0.773. The van der Waals surface area contributed by atoms with Crippen LogP contribution < -0.4 is 5.32 Å². The number of carbonyl (C=O) groups is 2. The lowest BCUT2D eigenvalue weighted by molar-refractivity contribution is -0.138. The van der Waals surface area contributed by atoms with E-state index < -0.39 is 5.91 Å². The van der Waals surface area contributed by atoms with Crippen molar-refractivity contribution in [3.63, 3.8) is 0 Å². The molecular weight excluding hydrogens is 413 g/mol. The number of rotatable bonds is 8. The SMILES string of the molecule is O=C(NCc1ccc(F)cc1)c1cc(CN(Cc2ccco2)C(=O)C2CCCCC2)on1. The molecule has 1 saturated carbocycles. The number of halogens is 1. The molecule has 1 fully saturated rings. The predicted molar refractivity (Wildman–Crippen MR) is 114 cm³/mol. The van der Waals surface area contributed by atoms with Crippen molar-refractivity contribution in [3.05, 3.63) is 77.3 Å². The Kier molecular flexibility index (Phi) is 6.99. The molecule has 1 aromatic carbocycles. The lowest BCUT2D eigenvalue weighted by Crippen LogP contribution is -2.36. The molecule has 3 aromatic rings. The summed E-state index contributed by atoms with van der Waals surface area (Å²) < 4.78 is 23.8. The first-order valence-electron chi connectivity index (χ1n) is 10.9. The van der Waals surface area contributed by atoms with Gasteiger partial charge in [-0.1, -0.05) is 36.6 Å². The minimum absolute atomic E-state index is 0.000104. The van der Waals surface area contributed by atoms with Crippen molar-refractivity contribution in [1.29, 1.82) is 0 Å². The van der Waals surface area contributed by atoms with Crippen molar-refractivity contribution in [2.45, 2.75) is 51.7 Å². The smallest absolute Gasteiger partial charge is 0.273 e. The minimum Gasteiger partial charge on any atom is -0.467 e. The summed E-state index contributed by atoms with van der Waals surface area (Å²) in [7, 11) is 0. The molecular formula is C24H26FN3O4. The second-order valence-electron chi connectivity index (χ2n) is 8.10. The standard InChI is InChI=1S/C24H26FN3O4/c25-19-10-8-17(9-11-19)14-26-23(29)22-13-21(32-27-22)16-28(15-20-7-4-12-31-20)24(30)18-5-2-1-3-6-18/h4,7-13,18H,1-3,5-6,14-16H2,(H,26,29). The number of carbonyl (C=O) groups excluding carboxylic acids is 2. The van der Waals surface area contributed by atoms with E-state index in [1.807, 2.05) is 6.07 Å². The van der Waals surface area contributed by atoms with Crippen molar-refractivity contribution in [3.8, 4) is 0 Å². The first-order valence-corrected chi connectivity index (χ1v) is 10.9. The van der Waals surface area contributed by atoms with Gasteiger partial charge in [-0.05, 0) is 42.7 Å². The van der Waals surface area contributed by atoms with E-state index in [2.05, 4.69) is 10.5 Å². The molecule has 8 heteroatoms. The Labute approximate surface area is 185 Å². The maximum absolute atomic E-state index is 13.2. The maximum Gasteiger partial charge on any atom is 0.273 e. The van der Waals surface area contributed by atoms with Crippen LogP contribution in [-0.4, -0.2) is 21.9 Å². The van der Waals surface area contributed by atoms with Crippen LogP contribution in [0.25, 0.3) is 0 Å². The summed E-state index contributed by atoms with van der Waals surface area (Å²) in [5.41, 5.74) is 0.899. The number of hydrogen-bond acceptors (Lipinski definition) is 5. The van der Waals surface area contributed by atoms with Crippen LogP contribution in [0.5, 0.6) is 0 Å². The molecule has 0 spiro atoms. The van der Waals surface area contributed by atoms with E-state index in [-0.39, 0.29) is 36.4 Å². The van der Waals surface area contributed by atoms with Crippen LogP contribution in [0.4, 0.5) is 4.39 Å². The Morgan fingerprint density at radius 2 is 1.81 bits per heavy atom. The number of hydrogen-bond donors (Lipinski definition) is 1. The lowest BCUT2D eigenvalue weighted by Gasteiger charge is -2.28. The maximum atomic E-state index is 13.2. The molecule has 1 aliphatic carbocycles. The normalized spacial score (nSPS) is 14.3. The van der Waals surface area contributed by atoms with Crippen LogP contribution >= 0.6 is 0 Å². The third kappa shape index (κ3) is 5.63. The van der Waals surface area contributed by atoms with E-state index in [1.165, 1.54) is 18.6 Å². The highest BCUT2D eigenvalue weighted by Crippen LogP contribution is 2.27. The van der Waals surface area contributed by atoms with Gasteiger partial charge in [0.05, 0.1) is 19.4 Å². The second kappa shape index (κ2) is 10.3. The van der Waals surface area contributed by atoms with Gasteiger partial charge in [0.15, 0.2) is 11.5 Å². The van der Waals surface area contributed by atoms with Crippen LogP contribution in [-0.2, 0) is 24.4 Å². The molecule has 2 aromatic heterocycles. The molecule has 32 heavy (non-hydrogen) atoms. The van der Waals surface area contributed by atoms with E-state index in [4.69, 9.17) is 8.94 Å². The summed E-state index contributed by atoms with van der Waals surface area (Å²) in [5, 5.41) is 6.59. The Balaban J connectivity index is 1.40. The Morgan fingerprint density at radius 3 is 2.53 bits per heavy atom. The largest absolute Gasteiger partial charge is 0.467 e. The topological polar surface area (TPSA) is 88.6 Å². The molecule has 4 rings (SSSR count). The third-order valence-corrected chi connectivity index (χ3v) is 5.70. The molecule has 0 saturated heterocycles. The number of furan rings is 1. The van der Waals surface area contributed by atoms with Gasteiger partial charge in [0, 0.05) is 18.5 Å². The quantitative estimate of drug-likeness (QED) is 0.560. The van der Waals surface area contributed by atoms with Crippen molar-refractivity contribution in [2.75, 3.05) is 0 Å². The van der Waals surface area contributed by atoms with Gasteiger partial charge in [-0.3, -0.25) is 9.59 Å². The van der Waals surface area contributed by atoms with Crippen LogP contribution in [0.1, 0.15) is 59.7 Å². The fourth-order valence-electron chi connectivity index (χ4n) is 3.97. The van der Waals surface area contributed by atoms with Gasteiger partial charge in [0.2, 0.25) is 5.91 Å². The van der Waals surface area contributed by atoms with Gasteiger partial charge in [-0.15, -0.1) is 0 Å². The van der Waals surface area contributed by atoms with E-state index >= 15 is 0 Å². The summed E-state index contributed by atoms with van der Waals surface area (Å²) in [5.74, 6) is 0.446. The van der Waals surface area contributed by atoms with Gasteiger partial charge in [0.1, 0.15) is 11.6 Å². The summed E-state index contributed by atoms with van der Waals surface area (Å²) in [6.07, 6.45) is 6.65. The van der Waals surface area contributed by atoms with E-state index in [9.17, 15) is 14.0 Å². The number of nitrogens with one attached hydrogen (secondary N) is 1. The van der Waals surface area contributed by atoms with Crippen molar-refractivity contribution in [1.82, 2.24) is 15.4 Å². The van der Waals surface area contributed by atoms with Crippen LogP contribution in [0, 0.1) is 11.7 Å². The van der Waals surface area contributed by atoms with Crippen LogP contribution in [0.2, 0.25) is 0 Å². The highest BCUT2D eigenvalue weighted by atomic mass is 19.1. The predicted octanol–water partition coefficient (Wildman–Crippen LogP) is 4.45. The number of nitrogens with zero attached hydrogens (tertiary/aromatic N) is 2. The Morgan fingerprint density at radius 1 is 1.06 bits per heavy atom. The number of amides is 2. The molecule has 7 nitrogen and oxygen atoms in total. The van der Waals surface area contributed by atoms with Gasteiger partial charge in [-0.2, -0.15) is 0 Å². The average Bonchev–Trinajstić information content (AvgIpc) is 3.50. The van der Waals surface area contributed by atoms with Gasteiger partial charge < -0.3 is 19.2 Å². The Hall–Kier alpha value is -3.42. The summed E-state index contributed by atoms with van der Waals surface area (Å²) in [4.78, 5) is 27.3. The average molecular weight is 439 g/mol. The molecule has 0 aliphatic heterocycles. The summed E-state index contributed by atoms with van der Waals surface area (Å²) in [6, 6.07) is 11.1. The molecule has 1 N–H and O–H groups in total. The molecule has 0 radical (unpaired) electrons. The molecule has 0 bridgehead atoms. The fourth-order valence-corrected chi connectivity index (χ4v) is 3.97. The second-order valence-corrected chi connectivity index (χ2v) is 8.10. The molecule has 0 atom stereocenters. The molecule has 2 amide bonds. The first-order chi connectivity index (χ1) is 15.6. The monoisotopic (exact) mass is 439 g/mol. The van der Waals surface area contributed by atoms with Gasteiger partial charge >= 0.3 is 0 Å². The van der Waals surface area contributed by atoms with Crippen LogP contribution in [0.15, 0.2) is 57.7 Å². The van der Waals surface area contributed by atoms with E-state index in [1.54, 1.807) is 35.4 Å². The van der Waals surface area contributed by atoms with E-state index in [0.717, 1.165) is 31.2 Å². The van der Waals surface area contributed by atoms with Crippen molar-refractivity contribution < 1.29 is 22.9 Å². The van der Waals surface area contributed by atoms with E-state index in [0.29, 0.717) is 18.1 Å². The Bertz CT molecular complexity index is 1020. The number of aromatic nitrogens is 1. The summed E-state index contributed by atoms with van der Waals surface area (Å²) >= 11 is 0. The minimum atomic E-state index is -0.402.